The van der Waals surface area contributed by atoms with Crippen LogP contribution in [0.2, 0.25) is 0 Å². The standard InChI is InChI=1S/C11H15FN2O4S/c1-9(2)13-8-11(12,14(15)16)19(17,18)10-6-4-3-5-7-10/h3-7,9,13H,8H2,1-2H3. The van der Waals surface area contributed by atoms with Crippen molar-refractivity contribution >= 4 is 9.84 Å². The summed E-state index contributed by atoms with van der Waals surface area (Å²) >= 11 is 0. The summed E-state index contributed by atoms with van der Waals surface area (Å²) in [4.78, 5) is 9.04. The summed E-state index contributed by atoms with van der Waals surface area (Å²) in [7, 11) is -4.72. The van der Waals surface area contributed by atoms with E-state index in [-0.39, 0.29) is 6.04 Å². The van der Waals surface area contributed by atoms with Gasteiger partial charge in [0.25, 0.3) is 9.84 Å². The summed E-state index contributed by atoms with van der Waals surface area (Å²) < 4.78 is 38.5. The summed E-state index contributed by atoms with van der Waals surface area (Å²) in [5.41, 5.74) is 0. The Kier molecular flexibility index (Phi) is 4.59. The molecular weight excluding hydrogens is 275 g/mol. The van der Waals surface area contributed by atoms with Gasteiger partial charge >= 0.3 is 5.12 Å². The van der Waals surface area contributed by atoms with Crippen molar-refractivity contribution in [3.05, 3.63) is 40.4 Å². The average molecular weight is 290 g/mol. The predicted molar refractivity (Wildman–Crippen MR) is 67.6 cm³/mol. The average Bonchev–Trinajstić information content (AvgIpc) is 2.36. The van der Waals surface area contributed by atoms with Crippen molar-refractivity contribution in [2.24, 2.45) is 0 Å². The Bertz CT molecular complexity index is 547. The molecule has 0 saturated heterocycles. The monoisotopic (exact) mass is 290 g/mol. The van der Waals surface area contributed by atoms with Gasteiger partial charge in [0, 0.05) is 6.04 Å². The van der Waals surface area contributed by atoms with Gasteiger partial charge in [-0.2, -0.15) is 0 Å². The Morgan fingerprint density at radius 1 is 1.37 bits per heavy atom. The third-order valence-corrected chi connectivity index (χ3v) is 4.48. The topological polar surface area (TPSA) is 89.3 Å². The molecule has 0 heterocycles. The number of rotatable bonds is 6. The molecular formula is C11H15FN2O4S. The molecule has 0 spiro atoms. The number of sulfone groups is 1. The van der Waals surface area contributed by atoms with E-state index < -0.39 is 31.3 Å². The molecule has 1 N–H and O–H groups in total. The number of nitrogens with zero attached hydrogens (tertiary/aromatic N) is 1. The van der Waals surface area contributed by atoms with Crippen LogP contribution in [-0.4, -0.2) is 31.1 Å². The summed E-state index contributed by atoms with van der Waals surface area (Å²) in [6.07, 6.45) is 0. The second kappa shape index (κ2) is 5.62. The summed E-state index contributed by atoms with van der Waals surface area (Å²) in [5.74, 6) is 0. The highest BCUT2D eigenvalue weighted by Crippen LogP contribution is 2.27. The Morgan fingerprint density at radius 3 is 2.32 bits per heavy atom. The van der Waals surface area contributed by atoms with Gasteiger partial charge in [0.1, 0.15) is 6.54 Å². The highest BCUT2D eigenvalue weighted by molar-refractivity contribution is 7.92. The lowest BCUT2D eigenvalue weighted by Crippen LogP contribution is -2.51. The largest absolute Gasteiger partial charge is 0.474 e. The number of hydrogen-bond donors (Lipinski definition) is 1. The minimum atomic E-state index is -4.72. The summed E-state index contributed by atoms with van der Waals surface area (Å²) in [6, 6.07) is 6.27. The number of alkyl halides is 1. The molecule has 1 unspecified atom stereocenters. The lowest BCUT2D eigenvalue weighted by Gasteiger charge is -2.19. The number of benzene rings is 1. The van der Waals surface area contributed by atoms with Gasteiger partial charge in [-0.3, -0.25) is 10.1 Å². The molecule has 19 heavy (non-hydrogen) atoms. The van der Waals surface area contributed by atoms with Crippen molar-refractivity contribution in [2.75, 3.05) is 6.54 Å². The minimum Gasteiger partial charge on any atom is -0.304 e. The van der Waals surface area contributed by atoms with Crippen LogP contribution in [0.25, 0.3) is 0 Å². The molecule has 0 saturated carbocycles. The van der Waals surface area contributed by atoms with E-state index in [1.807, 2.05) is 0 Å². The maximum absolute atomic E-state index is 14.4. The van der Waals surface area contributed by atoms with Gasteiger partial charge in [0.15, 0.2) is 0 Å². The minimum absolute atomic E-state index is 0.277. The number of nitro groups is 1. The number of hydrogen-bond acceptors (Lipinski definition) is 5. The fourth-order valence-corrected chi connectivity index (χ4v) is 2.71. The van der Waals surface area contributed by atoms with E-state index in [9.17, 15) is 22.9 Å². The first kappa shape index (κ1) is 15.5. The highest BCUT2D eigenvalue weighted by Gasteiger charge is 2.57. The molecule has 0 fully saturated rings. The quantitative estimate of drug-likeness (QED) is 0.485. The Balaban J connectivity index is 3.22. The number of halogens is 1. The molecule has 1 atom stereocenters. The first-order chi connectivity index (χ1) is 8.72. The van der Waals surface area contributed by atoms with Crippen LogP contribution in [0.15, 0.2) is 35.2 Å². The van der Waals surface area contributed by atoms with Crippen LogP contribution in [-0.2, 0) is 9.84 Å². The molecule has 0 aliphatic rings. The molecule has 0 aliphatic heterocycles. The zero-order chi connectivity index (χ0) is 14.7. The third-order valence-electron chi connectivity index (χ3n) is 2.47. The van der Waals surface area contributed by atoms with Crippen LogP contribution in [0.5, 0.6) is 0 Å². The number of nitrogens with one attached hydrogen (secondary N) is 1. The van der Waals surface area contributed by atoms with Crippen molar-refractivity contribution in [1.82, 2.24) is 5.32 Å². The molecule has 0 radical (unpaired) electrons. The van der Waals surface area contributed by atoms with Gasteiger partial charge in [-0.05, 0) is 12.1 Å². The fourth-order valence-electron chi connectivity index (χ4n) is 1.37. The zero-order valence-corrected chi connectivity index (χ0v) is 11.4. The van der Waals surface area contributed by atoms with Gasteiger partial charge in [0.05, 0.1) is 9.82 Å². The van der Waals surface area contributed by atoms with E-state index in [0.29, 0.717) is 0 Å². The van der Waals surface area contributed by atoms with Gasteiger partial charge in [-0.1, -0.05) is 32.0 Å². The normalized spacial score (nSPS) is 15.2. The van der Waals surface area contributed by atoms with Crippen molar-refractivity contribution in [2.45, 2.75) is 29.9 Å². The van der Waals surface area contributed by atoms with Crippen LogP contribution < -0.4 is 5.32 Å². The van der Waals surface area contributed by atoms with Gasteiger partial charge in [-0.15, -0.1) is 4.39 Å². The zero-order valence-electron chi connectivity index (χ0n) is 10.5. The van der Waals surface area contributed by atoms with Crippen molar-refractivity contribution < 1.29 is 17.7 Å². The van der Waals surface area contributed by atoms with Crippen molar-refractivity contribution in [1.29, 1.82) is 0 Å². The van der Waals surface area contributed by atoms with E-state index in [4.69, 9.17) is 0 Å². The highest BCUT2D eigenvalue weighted by atomic mass is 32.2. The van der Waals surface area contributed by atoms with Crippen molar-refractivity contribution in [3.8, 4) is 0 Å². The van der Waals surface area contributed by atoms with Crippen molar-refractivity contribution in [3.63, 3.8) is 0 Å². The molecule has 0 amide bonds. The van der Waals surface area contributed by atoms with E-state index >= 15 is 0 Å². The lowest BCUT2D eigenvalue weighted by molar-refractivity contribution is -0.571. The molecule has 0 aromatic heterocycles. The van der Waals surface area contributed by atoms with Gasteiger partial charge in [-0.25, -0.2) is 8.42 Å². The predicted octanol–water partition coefficient (Wildman–Crippen LogP) is 1.36. The molecule has 106 valence electrons. The third kappa shape index (κ3) is 3.07. The smallest absolute Gasteiger partial charge is 0.304 e. The molecule has 6 nitrogen and oxygen atoms in total. The molecule has 8 heteroatoms. The first-order valence-corrected chi connectivity index (χ1v) is 7.06. The Morgan fingerprint density at radius 2 is 1.89 bits per heavy atom. The van der Waals surface area contributed by atoms with Gasteiger partial charge < -0.3 is 5.32 Å². The van der Waals surface area contributed by atoms with Crippen LogP contribution >= 0.6 is 0 Å². The Labute approximate surface area is 110 Å². The van der Waals surface area contributed by atoms with E-state index in [0.717, 1.165) is 12.1 Å². The summed E-state index contributed by atoms with van der Waals surface area (Å²) in [5, 5.41) is 9.73. The van der Waals surface area contributed by atoms with Gasteiger partial charge in [0.2, 0.25) is 0 Å². The second-order valence-corrected chi connectivity index (χ2v) is 6.40. The lowest BCUT2D eigenvalue weighted by atomic mass is 10.4. The molecule has 1 aromatic carbocycles. The maximum Gasteiger partial charge on any atom is 0.474 e. The van der Waals surface area contributed by atoms with Crippen LogP contribution in [0.4, 0.5) is 4.39 Å². The fraction of sp³-hybridized carbons (Fsp3) is 0.455. The second-order valence-electron chi connectivity index (χ2n) is 4.30. The van der Waals surface area contributed by atoms with Crippen LogP contribution in [0.1, 0.15) is 13.8 Å². The van der Waals surface area contributed by atoms with E-state index in [1.54, 1.807) is 13.8 Å². The molecule has 0 bridgehead atoms. The Hall–Kier alpha value is -1.54. The van der Waals surface area contributed by atoms with Crippen LogP contribution in [0, 0.1) is 10.1 Å². The van der Waals surface area contributed by atoms with E-state index in [2.05, 4.69) is 5.32 Å². The summed E-state index contributed by atoms with van der Waals surface area (Å²) in [6.45, 7) is 2.36. The molecule has 1 aromatic rings. The molecule has 1 rings (SSSR count). The SMILES string of the molecule is CC(C)NCC(F)([N+](=O)[O-])S(=O)(=O)c1ccccc1. The van der Waals surface area contributed by atoms with Crippen LogP contribution in [0.3, 0.4) is 0 Å². The maximum atomic E-state index is 14.4. The first-order valence-electron chi connectivity index (χ1n) is 5.58. The molecule has 0 aliphatic carbocycles. The van der Waals surface area contributed by atoms with E-state index in [1.165, 1.54) is 18.2 Å².